The normalized spacial score (nSPS) is 15.9. The highest BCUT2D eigenvalue weighted by atomic mass is 16.5. The van der Waals surface area contributed by atoms with E-state index in [9.17, 15) is 14.7 Å². The molecule has 0 radical (unpaired) electrons. The molecule has 1 amide bonds. The van der Waals surface area contributed by atoms with Crippen LogP contribution in [0.4, 0.5) is 5.69 Å². The Labute approximate surface area is 103 Å². The maximum atomic E-state index is 11.5. The molecule has 18 heavy (non-hydrogen) atoms. The molecule has 1 aliphatic rings. The number of fused-ring (bicyclic) bond motifs is 1. The van der Waals surface area contributed by atoms with Gasteiger partial charge in [-0.2, -0.15) is 0 Å². The molecule has 2 rings (SSSR count). The quantitative estimate of drug-likeness (QED) is 0.819. The van der Waals surface area contributed by atoms with Gasteiger partial charge in [0.1, 0.15) is 5.75 Å². The van der Waals surface area contributed by atoms with Crippen molar-refractivity contribution in [3.63, 3.8) is 0 Å². The second-order valence-electron chi connectivity index (χ2n) is 4.08. The zero-order chi connectivity index (χ0) is 13.3. The Balaban J connectivity index is 2.31. The minimum atomic E-state index is -1.10. The van der Waals surface area contributed by atoms with Crippen LogP contribution in [-0.4, -0.2) is 35.7 Å². The Morgan fingerprint density at radius 1 is 1.56 bits per heavy atom. The van der Waals surface area contributed by atoms with Crippen molar-refractivity contribution in [3.05, 3.63) is 23.8 Å². The molecule has 0 aromatic heterocycles. The molecule has 6 nitrogen and oxygen atoms in total. The van der Waals surface area contributed by atoms with Gasteiger partial charge in [-0.15, -0.1) is 0 Å². The Bertz CT molecular complexity index is 499. The van der Waals surface area contributed by atoms with Crippen LogP contribution in [0.3, 0.4) is 0 Å². The summed E-state index contributed by atoms with van der Waals surface area (Å²) < 4.78 is 5.23. The smallest absolute Gasteiger partial charge is 0.306 e. The van der Waals surface area contributed by atoms with Gasteiger partial charge in [-0.05, 0) is 17.7 Å². The molecule has 0 bridgehead atoms. The second kappa shape index (κ2) is 4.66. The number of aliphatic hydroxyl groups excluding tert-OH is 1. The molecule has 0 aliphatic carbocycles. The fraction of sp³-hybridized carbons (Fsp3) is 0.333. The van der Waals surface area contributed by atoms with E-state index in [4.69, 9.17) is 9.84 Å². The fourth-order valence-corrected chi connectivity index (χ4v) is 1.78. The average molecular weight is 251 g/mol. The van der Waals surface area contributed by atoms with Gasteiger partial charge in [0.2, 0.25) is 0 Å². The van der Waals surface area contributed by atoms with Crippen LogP contribution in [0.25, 0.3) is 0 Å². The van der Waals surface area contributed by atoms with E-state index in [0.29, 0.717) is 17.0 Å². The van der Waals surface area contributed by atoms with Crippen molar-refractivity contribution >= 4 is 17.6 Å². The van der Waals surface area contributed by atoms with Gasteiger partial charge in [-0.25, -0.2) is 0 Å². The van der Waals surface area contributed by atoms with Crippen LogP contribution < -0.4 is 9.64 Å². The number of hydrogen-bond donors (Lipinski definition) is 2. The number of likely N-dealkylation sites (N-methyl/N-ethyl adjacent to an activating group) is 1. The van der Waals surface area contributed by atoms with Crippen molar-refractivity contribution < 1.29 is 24.5 Å². The van der Waals surface area contributed by atoms with Gasteiger partial charge < -0.3 is 19.8 Å². The van der Waals surface area contributed by atoms with E-state index in [1.807, 2.05) is 0 Å². The summed E-state index contributed by atoms with van der Waals surface area (Å²) >= 11 is 0. The standard InChI is InChI=1S/C12H13NO5/c1-13-8-4-7(9(14)5-12(16)17)2-3-10(8)18-6-11(13)15/h2-4,9,14H,5-6H2,1H3,(H,16,17). The fourth-order valence-electron chi connectivity index (χ4n) is 1.78. The minimum Gasteiger partial charge on any atom is -0.482 e. The van der Waals surface area contributed by atoms with Gasteiger partial charge in [-0.3, -0.25) is 9.59 Å². The van der Waals surface area contributed by atoms with Crippen LogP contribution in [-0.2, 0) is 9.59 Å². The van der Waals surface area contributed by atoms with Gasteiger partial charge in [0.05, 0.1) is 18.2 Å². The van der Waals surface area contributed by atoms with E-state index < -0.39 is 12.1 Å². The lowest BCUT2D eigenvalue weighted by atomic mass is 10.0. The monoisotopic (exact) mass is 251 g/mol. The van der Waals surface area contributed by atoms with Crippen molar-refractivity contribution in [3.8, 4) is 5.75 Å². The minimum absolute atomic E-state index is 0.0134. The van der Waals surface area contributed by atoms with Gasteiger partial charge in [-0.1, -0.05) is 6.07 Å². The van der Waals surface area contributed by atoms with Crippen LogP contribution >= 0.6 is 0 Å². The van der Waals surface area contributed by atoms with Crippen LogP contribution in [0.5, 0.6) is 5.75 Å². The average Bonchev–Trinajstić information content (AvgIpc) is 2.33. The molecule has 96 valence electrons. The summed E-state index contributed by atoms with van der Waals surface area (Å²) in [6, 6.07) is 4.79. The predicted molar refractivity (Wildman–Crippen MR) is 62.6 cm³/mol. The molecule has 0 spiro atoms. The largest absolute Gasteiger partial charge is 0.482 e. The first-order chi connectivity index (χ1) is 8.49. The molecule has 1 unspecified atom stereocenters. The lowest BCUT2D eigenvalue weighted by Gasteiger charge is -2.26. The highest BCUT2D eigenvalue weighted by molar-refractivity contribution is 5.97. The van der Waals surface area contributed by atoms with Gasteiger partial charge in [0, 0.05) is 7.05 Å². The number of aliphatic carboxylic acids is 1. The van der Waals surface area contributed by atoms with E-state index in [1.165, 1.54) is 4.90 Å². The molecule has 1 aromatic rings. The molecule has 0 saturated heterocycles. The van der Waals surface area contributed by atoms with Crippen LogP contribution in [0.15, 0.2) is 18.2 Å². The maximum Gasteiger partial charge on any atom is 0.306 e. The SMILES string of the molecule is CN1C(=O)COc2ccc(C(O)CC(=O)O)cc21. The zero-order valence-corrected chi connectivity index (χ0v) is 9.79. The van der Waals surface area contributed by atoms with Crippen molar-refractivity contribution in [2.45, 2.75) is 12.5 Å². The maximum absolute atomic E-state index is 11.5. The topological polar surface area (TPSA) is 87.1 Å². The lowest BCUT2D eigenvalue weighted by Crippen LogP contribution is -2.35. The molecule has 2 N–H and O–H groups in total. The number of rotatable bonds is 3. The molecule has 6 heteroatoms. The molecular formula is C12H13NO5. The van der Waals surface area contributed by atoms with E-state index in [1.54, 1.807) is 25.2 Å². The predicted octanol–water partition coefficient (Wildman–Crippen LogP) is 0.550. The van der Waals surface area contributed by atoms with Crippen LogP contribution in [0.1, 0.15) is 18.1 Å². The highest BCUT2D eigenvalue weighted by Gasteiger charge is 2.23. The van der Waals surface area contributed by atoms with E-state index in [2.05, 4.69) is 0 Å². The number of carbonyl (C=O) groups is 2. The molecule has 1 aromatic carbocycles. The van der Waals surface area contributed by atoms with Crippen molar-refractivity contribution in [1.82, 2.24) is 0 Å². The number of benzene rings is 1. The summed E-state index contributed by atoms with van der Waals surface area (Å²) in [5.74, 6) is -0.725. The molecule has 1 heterocycles. The summed E-state index contributed by atoms with van der Waals surface area (Å²) in [4.78, 5) is 23.4. The Morgan fingerprint density at radius 2 is 2.28 bits per heavy atom. The summed E-state index contributed by atoms with van der Waals surface area (Å²) in [7, 11) is 1.61. The lowest BCUT2D eigenvalue weighted by molar-refractivity contribution is -0.139. The zero-order valence-electron chi connectivity index (χ0n) is 9.79. The number of amides is 1. The number of carbonyl (C=O) groups excluding carboxylic acids is 1. The third-order valence-electron chi connectivity index (χ3n) is 2.82. The molecular weight excluding hydrogens is 238 g/mol. The second-order valence-corrected chi connectivity index (χ2v) is 4.08. The van der Waals surface area contributed by atoms with Gasteiger partial charge in [0.25, 0.3) is 5.91 Å². The number of anilines is 1. The van der Waals surface area contributed by atoms with Crippen LogP contribution in [0, 0.1) is 0 Å². The number of carboxylic acid groups (broad SMARTS) is 1. The van der Waals surface area contributed by atoms with Gasteiger partial charge in [0.15, 0.2) is 6.61 Å². The summed E-state index contributed by atoms with van der Waals surface area (Å²) in [5.41, 5.74) is 0.981. The van der Waals surface area contributed by atoms with Crippen LogP contribution in [0.2, 0.25) is 0 Å². The molecule has 1 aliphatic heterocycles. The van der Waals surface area contributed by atoms with Crippen molar-refractivity contribution in [2.24, 2.45) is 0 Å². The molecule has 0 fully saturated rings. The first-order valence-electron chi connectivity index (χ1n) is 5.42. The Morgan fingerprint density at radius 3 is 2.94 bits per heavy atom. The number of carboxylic acids is 1. The van der Waals surface area contributed by atoms with Gasteiger partial charge >= 0.3 is 5.97 Å². The highest BCUT2D eigenvalue weighted by Crippen LogP contribution is 2.34. The van der Waals surface area contributed by atoms with E-state index in [-0.39, 0.29) is 18.9 Å². The third kappa shape index (κ3) is 2.28. The van der Waals surface area contributed by atoms with E-state index >= 15 is 0 Å². The first-order valence-corrected chi connectivity index (χ1v) is 5.42. The third-order valence-corrected chi connectivity index (χ3v) is 2.82. The number of hydrogen-bond acceptors (Lipinski definition) is 4. The summed E-state index contributed by atoms with van der Waals surface area (Å²) in [5, 5.41) is 18.3. The Hall–Kier alpha value is -2.08. The molecule has 0 saturated carbocycles. The van der Waals surface area contributed by atoms with Crippen molar-refractivity contribution in [2.75, 3.05) is 18.6 Å². The van der Waals surface area contributed by atoms with E-state index in [0.717, 1.165) is 0 Å². The summed E-state index contributed by atoms with van der Waals surface area (Å²) in [6.07, 6.45) is -1.48. The molecule has 1 atom stereocenters. The first kappa shape index (κ1) is 12.4. The Kier molecular flexibility index (Phi) is 3.20. The van der Waals surface area contributed by atoms with Crippen molar-refractivity contribution in [1.29, 1.82) is 0 Å². The number of aliphatic hydroxyl groups is 1. The summed E-state index contributed by atoms with van der Waals surface area (Å²) in [6.45, 7) is -0.0134. The number of nitrogens with zero attached hydrogens (tertiary/aromatic N) is 1. The number of ether oxygens (including phenoxy) is 1.